The summed E-state index contributed by atoms with van der Waals surface area (Å²) in [5.74, 6) is 0.416. The summed E-state index contributed by atoms with van der Waals surface area (Å²) in [5, 5.41) is 10.7. The summed E-state index contributed by atoms with van der Waals surface area (Å²) in [6, 6.07) is 5.73. The first-order chi connectivity index (χ1) is 12.0. The van der Waals surface area contributed by atoms with E-state index in [0.29, 0.717) is 5.75 Å². The summed E-state index contributed by atoms with van der Waals surface area (Å²) in [6.07, 6.45) is -2.60. The quantitative estimate of drug-likeness (QED) is 0.508. The van der Waals surface area contributed by atoms with Crippen LogP contribution in [-0.4, -0.2) is 70.7 Å². The lowest BCUT2D eigenvalue weighted by Crippen LogP contribution is -2.62. The summed E-state index contributed by atoms with van der Waals surface area (Å²) in [7, 11) is 6.20. The largest absolute Gasteiger partial charge is 0.462 e. The van der Waals surface area contributed by atoms with Gasteiger partial charge in [0.05, 0.1) is 11.5 Å². The van der Waals surface area contributed by atoms with Crippen LogP contribution in [-0.2, 0) is 23.7 Å². The van der Waals surface area contributed by atoms with Gasteiger partial charge in [0, 0.05) is 40.6 Å². The standard InChI is InChI=1S/C16H23NO8/c1-20-9-12-13(21-2)14(22-3)15(23-4)16(25-12)24-11-7-5-10(6-8-11)17(18)19/h5-8,12-16H,9H2,1-4H3/t12-,13+,14+,15-,16-/m1/s1. The Bertz CT molecular complexity index is 552. The second kappa shape index (κ2) is 9.07. The number of rotatable bonds is 8. The topological polar surface area (TPSA) is 98.5 Å². The van der Waals surface area contributed by atoms with E-state index in [-0.39, 0.29) is 12.3 Å². The third-order valence-electron chi connectivity index (χ3n) is 4.04. The zero-order valence-electron chi connectivity index (χ0n) is 14.6. The average Bonchev–Trinajstić information content (AvgIpc) is 2.61. The predicted octanol–water partition coefficient (Wildman–Crippen LogP) is 1.39. The molecule has 0 bridgehead atoms. The van der Waals surface area contributed by atoms with Crippen molar-refractivity contribution in [3.05, 3.63) is 34.4 Å². The number of hydrogen-bond acceptors (Lipinski definition) is 8. The highest BCUT2D eigenvalue weighted by Gasteiger charge is 2.48. The molecule has 1 fully saturated rings. The van der Waals surface area contributed by atoms with Gasteiger partial charge in [0.25, 0.3) is 5.69 Å². The molecule has 1 aliphatic rings. The molecule has 0 aliphatic carbocycles. The van der Waals surface area contributed by atoms with Crippen LogP contribution < -0.4 is 4.74 Å². The molecule has 0 amide bonds. The fourth-order valence-electron chi connectivity index (χ4n) is 2.85. The highest BCUT2D eigenvalue weighted by Crippen LogP contribution is 2.29. The van der Waals surface area contributed by atoms with Crippen molar-refractivity contribution < 1.29 is 33.3 Å². The Morgan fingerprint density at radius 2 is 1.60 bits per heavy atom. The molecule has 2 rings (SSSR count). The van der Waals surface area contributed by atoms with Crippen molar-refractivity contribution in [1.29, 1.82) is 0 Å². The molecule has 0 aromatic heterocycles. The number of non-ortho nitro benzene ring substituents is 1. The number of nitro groups is 1. The van der Waals surface area contributed by atoms with Crippen LogP contribution in [0.25, 0.3) is 0 Å². The van der Waals surface area contributed by atoms with Crippen molar-refractivity contribution in [2.45, 2.75) is 30.7 Å². The van der Waals surface area contributed by atoms with Gasteiger partial charge in [-0.05, 0) is 12.1 Å². The second-order valence-corrected chi connectivity index (χ2v) is 5.47. The number of nitrogens with zero attached hydrogens (tertiary/aromatic N) is 1. The molecule has 0 N–H and O–H groups in total. The van der Waals surface area contributed by atoms with Crippen molar-refractivity contribution in [2.24, 2.45) is 0 Å². The van der Waals surface area contributed by atoms with Crippen molar-refractivity contribution in [1.82, 2.24) is 0 Å². The van der Waals surface area contributed by atoms with Crippen LogP contribution in [0.5, 0.6) is 5.75 Å². The molecule has 1 saturated heterocycles. The minimum absolute atomic E-state index is 0.0216. The van der Waals surface area contributed by atoms with Gasteiger partial charge in [-0.25, -0.2) is 0 Å². The zero-order chi connectivity index (χ0) is 18.4. The number of nitro benzene ring substituents is 1. The summed E-state index contributed by atoms with van der Waals surface area (Å²) < 4.78 is 33.5. The summed E-state index contributed by atoms with van der Waals surface area (Å²) in [4.78, 5) is 10.3. The SMILES string of the molecule is COC[C@H]1O[C@@H](Oc2ccc([N+](=O)[O-])cc2)[C@H](OC)[C@@H](OC)[C@H]1OC. The molecule has 1 aromatic rings. The first-order valence-electron chi connectivity index (χ1n) is 7.69. The first-order valence-corrected chi connectivity index (χ1v) is 7.69. The molecule has 25 heavy (non-hydrogen) atoms. The maximum absolute atomic E-state index is 10.7. The maximum Gasteiger partial charge on any atom is 0.269 e. The minimum Gasteiger partial charge on any atom is -0.462 e. The van der Waals surface area contributed by atoms with Crippen molar-refractivity contribution >= 4 is 5.69 Å². The van der Waals surface area contributed by atoms with Gasteiger partial charge < -0.3 is 28.4 Å². The van der Waals surface area contributed by atoms with Gasteiger partial charge in [-0.15, -0.1) is 0 Å². The number of hydrogen-bond donors (Lipinski definition) is 0. The second-order valence-electron chi connectivity index (χ2n) is 5.47. The molecule has 9 nitrogen and oxygen atoms in total. The highest BCUT2D eigenvalue weighted by atomic mass is 16.7. The van der Waals surface area contributed by atoms with E-state index in [0.717, 1.165) is 0 Å². The molecular weight excluding hydrogens is 334 g/mol. The molecule has 1 aliphatic heterocycles. The zero-order valence-corrected chi connectivity index (χ0v) is 14.6. The lowest BCUT2D eigenvalue weighted by Gasteiger charge is -2.44. The van der Waals surface area contributed by atoms with Crippen LogP contribution in [0.15, 0.2) is 24.3 Å². The first kappa shape index (κ1) is 19.5. The van der Waals surface area contributed by atoms with E-state index in [1.165, 1.54) is 31.4 Å². The maximum atomic E-state index is 10.7. The molecule has 9 heteroatoms. The summed E-state index contributed by atoms with van der Waals surface area (Å²) in [5.41, 5.74) is -0.0216. The van der Waals surface area contributed by atoms with Crippen LogP contribution in [0.4, 0.5) is 5.69 Å². The van der Waals surface area contributed by atoms with E-state index in [4.69, 9.17) is 28.4 Å². The summed E-state index contributed by atoms with van der Waals surface area (Å²) >= 11 is 0. The Hall–Kier alpha value is -1.78. The molecule has 1 heterocycles. The molecule has 140 valence electrons. The average molecular weight is 357 g/mol. The highest BCUT2D eigenvalue weighted by molar-refractivity contribution is 5.36. The van der Waals surface area contributed by atoms with Crippen LogP contribution in [0.3, 0.4) is 0 Å². The van der Waals surface area contributed by atoms with Gasteiger partial charge >= 0.3 is 0 Å². The normalized spacial score (nSPS) is 29.4. The molecule has 0 radical (unpaired) electrons. The van der Waals surface area contributed by atoms with E-state index < -0.39 is 35.6 Å². The summed E-state index contributed by atoms with van der Waals surface area (Å²) in [6.45, 7) is 0.287. The number of ether oxygens (including phenoxy) is 6. The van der Waals surface area contributed by atoms with Crippen molar-refractivity contribution in [3.8, 4) is 5.75 Å². The van der Waals surface area contributed by atoms with Crippen LogP contribution in [0.1, 0.15) is 0 Å². The fourth-order valence-corrected chi connectivity index (χ4v) is 2.85. The molecule has 0 unspecified atom stereocenters. The molecule has 5 atom stereocenters. The lowest BCUT2D eigenvalue weighted by molar-refractivity contribution is -0.384. The number of methoxy groups -OCH3 is 4. The Morgan fingerprint density at radius 1 is 1.00 bits per heavy atom. The van der Waals surface area contributed by atoms with E-state index in [1.54, 1.807) is 21.3 Å². The van der Waals surface area contributed by atoms with Crippen molar-refractivity contribution in [2.75, 3.05) is 35.0 Å². The van der Waals surface area contributed by atoms with Gasteiger partial charge in [-0.2, -0.15) is 0 Å². The predicted molar refractivity (Wildman–Crippen MR) is 86.7 cm³/mol. The molecule has 0 saturated carbocycles. The van der Waals surface area contributed by atoms with E-state index in [9.17, 15) is 10.1 Å². The van der Waals surface area contributed by atoms with Crippen LogP contribution >= 0.6 is 0 Å². The molecular formula is C16H23NO8. The lowest BCUT2D eigenvalue weighted by atomic mass is 9.98. The monoisotopic (exact) mass is 357 g/mol. The van der Waals surface area contributed by atoms with Crippen LogP contribution in [0.2, 0.25) is 0 Å². The van der Waals surface area contributed by atoms with Gasteiger partial charge in [0.15, 0.2) is 0 Å². The van der Waals surface area contributed by atoms with E-state index >= 15 is 0 Å². The fraction of sp³-hybridized carbons (Fsp3) is 0.625. The smallest absolute Gasteiger partial charge is 0.269 e. The van der Waals surface area contributed by atoms with Gasteiger partial charge in [0.2, 0.25) is 6.29 Å². The minimum atomic E-state index is -0.789. The Balaban J connectivity index is 2.19. The Labute approximate surface area is 145 Å². The van der Waals surface area contributed by atoms with Crippen LogP contribution in [0, 0.1) is 10.1 Å². The van der Waals surface area contributed by atoms with Crippen molar-refractivity contribution in [3.63, 3.8) is 0 Å². The van der Waals surface area contributed by atoms with E-state index in [1.807, 2.05) is 0 Å². The van der Waals surface area contributed by atoms with Gasteiger partial charge in [-0.3, -0.25) is 10.1 Å². The van der Waals surface area contributed by atoms with Gasteiger partial charge in [0.1, 0.15) is 30.2 Å². The molecule has 0 spiro atoms. The third-order valence-corrected chi connectivity index (χ3v) is 4.04. The Kier molecular flexibility index (Phi) is 7.09. The van der Waals surface area contributed by atoms with Gasteiger partial charge in [-0.1, -0.05) is 0 Å². The Morgan fingerprint density at radius 3 is 2.08 bits per heavy atom. The van der Waals surface area contributed by atoms with E-state index in [2.05, 4.69) is 0 Å². The molecule has 1 aromatic carbocycles. The number of benzene rings is 1. The third kappa shape index (κ3) is 4.44.